The van der Waals surface area contributed by atoms with Gasteiger partial charge in [0.05, 0.1) is 16.7 Å². The first kappa shape index (κ1) is 13.4. The Balaban J connectivity index is 2.25. The van der Waals surface area contributed by atoms with E-state index in [0.29, 0.717) is 5.95 Å². The summed E-state index contributed by atoms with van der Waals surface area (Å²) in [5.41, 5.74) is 1.73. The van der Waals surface area contributed by atoms with Gasteiger partial charge < -0.3 is 4.98 Å². The topological polar surface area (TPSA) is 80.6 Å². The van der Waals surface area contributed by atoms with Crippen LogP contribution in [0.25, 0.3) is 17.0 Å². The largest absolute Gasteiger partial charge is 0.322 e. The van der Waals surface area contributed by atoms with E-state index < -0.39 is 9.05 Å². The summed E-state index contributed by atoms with van der Waals surface area (Å²) >= 11 is 6.05. The zero-order valence-electron chi connectivity index (χ0n) is 10.1. The van der Waals surface area contributed by atoms with Gasteiger partial charge in [0.15, 0.2) is 5.15 Å². The van der Waals surface area contributed by atoms with Gasteiger partial charge in [-0.15, -0.1) is 0 Å². The van der Waals surface area contributed by atoms with Crippen molar-refractivity contribution in [2.75, 3.05) is 0 Å². The lowest BCUT2D eigenvalue weighted by molar-refractivity contribution is 0.609. The number of nitrogens with one attached hydrogen (secondary N) is 1. The van der Waals surface area contributed by atoms with Crippen LogP contribution in [0.3, 0.4) is 0 Å². The molecule has 20 heavy (non-hydrogen) atoms. The predicted molar refractivity (Wildman–Crippen MR) is 76.0 cm³/mol. The first-order chi connectivity index (χ1) is 9.38. The van der Waals surface area contributed by atoms with Gasteiger partial charge in [0.1, 0.15) is 4.90 Å². The molecule has 6 nitrogen and oxygen atoms in total. The van der Waals surface area contributed by atoms with Crippen LogP contribution in [-0.4, -0.2) is 28.2 Å². The molecule has 2 heterocycles. The molecular weight excluding hydrogens is 323 g/mol. The van der Waals surface area contributed by atoms with Gasteiger partial charge in [-0.05, 0) is 19.1 Å². The van der Waals surface area contributed by atoms with Gasteiger partial charge in [0.2, 0.25) is 5.95 Å². The highest BCUT2D eigenvalue weighted by atomic mass is 35.7. The Hall–Kier alpha value is -1.57. The van der Waals surface area contributed by atoms with Crippen molar-refractivity contribution in [2.24, 2.45) is 0 Å². The smallest absolute Gasteiger partial charge is 0.266 e. The van der Waals surface area contributed by atoms with E-state index in [1.54, 1.807) is 0 Å². The number of benzene rings is 1. The molecule has 1 aromatic carbocycles. The summed E-state index contributed by atoms with van der Waals surface area (Å²) < 4.78 is 24.2. The fourth-order valence-corrected chi connectivity index (χ4v) is 3.86. The third kappa shape index (κ3) is 2.07. The summed E-state index contributed by atoms with van der Waals surface area (Å²) in [7, 11) is 1.39. The predicted octanol–water partition coefficient (Wildman–Crippen LogP) is 2.64. The first-order valence-electron chi connectivity index (χ1n) is 5.53. The maximum atomic E-state index is 11.5. The third-order valence-electron chi connectivity index (χ3n) is 2.77. The van der Waals surface area contributed by atoms with Crippen molar-refractivity contribution in [3.63, 3.8) is 0 Å². The van der Waals surface area contributed by atoms with Gasteiger partial charge in [-0.1, -0.05) is 23.7 Å². The van der Waals surface area contributed by atoms with Gasteiger partial charge in [-0.3, -0.25) is 0 Å². The van der Waals surface area contributed by atoms with Crippen LogP contribution in [0.4, 0.5) is 0 Å². The molecule has 0 aliphatic rings. The molecule has 3 rings (SSSR count). The molecule has 0 saturated carbocycles. The number of hydrogen-bond acceptors (Lipinski definition) is 4. The Kier molecular flexibility index (Phi) is 3.00. The lowest BCUT2D eigenvalue weighted by Gasteiger charge is -1.97. The average Bonchev–Trinajstić information content (AvgIpc) is 2.88. The van der Waals surface area contributed by atoms with Crippen molar-refractivity contribution in [3.05, 3.63) is 35.1 Å². The monoisotopic (exact) mass is 330 g/mol. The minimum absolute atomic E-state index is 0.100. The van der Waals surface area contributed by atoms with Gasteiger partial charge in [0, 0.05) is 10.7 Å². The molecule has 3 aromatic rings. The molecule has 0 aliphatic carbocycles. The minimum atomic E-state index is -3.97. The van der Waals surface area contributed by atoms with Crippen molar-refractivity contribution in [3.8, 4) is 5.95 Å². The highest BCUT2D eigenvalue weighted by Crippen LogP contribution is 2.29. The Labute approximate surface area is 123 Å². The van der Waals surface area contributed by atoms with Gasteiger partial charge in [0.25, 0.3) is 9.05 Å². The molecule has 0 fully saturated rings. The number of imidazole rings is 1. The summed E-state index contributed by atoms with van der Waals surface area (Å²) in [5.74, 6) is 0.325. The van der Waals surface area contributed by atoms with E-state index in [4.69, 9.17) is 22.3 Å². The molecule has 2 aromatic heterocycles. The Morgan fingerprint density at radius 3 is 2.60 bits per heavy atom. The van der Waals surface area contributed by atoms with Gasteiger partial charge in [-0.25, -0.2) is 13.4 Å². The molecule has 104 valence electrons. The second-order valence-corrected chi connectivity index (χ2v) is 6.99. The molecule has 0 saturated heterocycles. The molecule has 0 unspecified atom stereocenters. The standard InChI is InChI=1S/C11H8Cl2N4O2S/c1-6-9(20(13,18)19)10(12)17(16-6)11-14-7-4-2-3-5-8(7)15-11/h2-5H,1H3,(H,14,15). The number of aryl methyl sites for hydroxylation is 1. The van der Waals surface area contributed by atoms with Crippen LogP contribution < -0.4 is 0 Å². The first-order valence-corrected chi connectivity index (χ1v) is 8.21. The van der Waals surface area contributed by atoms with Gasteiger partial charge in [-0.2, -0.15) is 9.78 Å². The molecule has 1 N–H and O–H groups in total. The van der Waals surface area contributed by atoms with Crippen molar-refractivity contribution in [1.82, 2.24) is 19.7 Å². The maximum absolute atomic E-state index is 11.5. The van der Waals surface area contributed by atoms with Crippen LogP contribution in [0, 0.1) is 6.92 Å². The quantitative estimate of drug-likeness (QED) is 0.732. The Bertz CT molecular complexity index is 881. The summed E-state index contributed by atoms with van der Waals surface area (Å²) in [6, 6.07) is 7.36. The van der Waals surface area contributed by atoms with E-state index in [2.05, 4.69) is 15.1 Å². The fraction of sp³-hybridized carbons (Fsp3) is 0.0909. The van der Waals surface area contributed by atoms with Crippen molar-refractivity contribution < 1.29 is 8.42 Å². The zero-order valence-corrected chi connectivity index (χ0v) is 12.5. The van der Waals surface area contributed by atoms with E-state index in [-0.39, 0.29) is 15.7 Å². The summed E-state index contributed by atoms with van der Waals surface area (Å²) in [6.07, 6.45) is 0. The van der Waals surface area contributed by atoms with Crippen LogP contribution in [0.1, 0.15) is 5.69 Å². The molecule has 0 atom stereocenters. The normalized spacial score (nSPS) is 12.2. The van der Waals surface area contributed by atoms with E-state index in [0.717, 1.165) is 11.0 Å². The summed E-state index contributed by atoms with van der Waals surface area (Å²) in [4.78, 5) is 7.11. The number of nitrogens with zero attached hydrogens (tertiary/aromatic N) is 3. The number of fused-ring (bicyclic) bond motifs is 1. The Morgan fingerprint density at radius 1 is 1.30 bits per heavy atom. The fourth-order valence-electron chi connectivity index (χ4n) is 1.94. The van der Waals surface area contributed by atoms with E-state index in [1.165, 1.54) is 11.6 Å². The van der Waals surface area contributed by atoms with Crippen molar-refractivity contribution in [2.45, 2.75) is 11.8 Å². The molecule has 0 spiro atoms. The van der Waals surface area contributed by atoms with Crippen LogP contribution in [0.15, 0.2) is 29.2 Å². The highest BCUT2D eigenvalue weighted by molar-refractivity contribution is 8.13. The van der Waals surface area contributed by atoms with Crippen LogP contribution in [0.2, 0.25) is 5.15 Å². The second kappa shape index (κ2) is 4.47. The van der Waals surface area contributed by atoms with Gasteiger partial charge >= 0.3 is 0 Å². The lowest BCUT2D eigenvalue weighted by Crippen LogP contribution is -1.99. The summed E-state index contributed by atoms with van der Waals surface area (Å²) in [6.45, 7) is 1.51. The molecule has 0 amide bonds. The number of hydrogen-bond donors (Lipinski definition) is 1. The van der Waals surface area contributed by atoms with Crippen molar-refractivity contribution >= 4 is 42.4 Å². The minimum Gasteiger partial charge on any atom is -0.322 e. The van der Waals surface area contributed by atoms with Crippen LogP contribution in [-0.2, 0) is 9.05 Å². The number of H-pyrrole nitrogens is 1. The highest BCUT2D eigenvalue weighted by Gasteiger charge is 2.25. The Morgan fingerprint density at radius 2 is 2.00 bits per heavy atom. The van der Waals surface area contributed by atoms with E-state index >= 15 is 0 Å². The molecule has 0 bridgehead atoms. The molecular formula is C11H8Cl2N4O2S. The third-order valence-corrected chi connectivity index (χ3v) is 4.67. The second-order valence-electron chi connectivity index (χ2n) is 4.13. The van der Waals surface area contributed by atoms with Crippen molar-refractivity contribution in [1.29, 1.82) is 0 Å². The van der Waals surface area contributed by atoms with Crippen LogP contribution in [0.5, 0.6) is 0 Å². The van der Waals surface area contributed by atoms with E-state index in [9.17, 15) is 8.42 Å². The SMILES string of the molecule is Cc1nn(-c2nc3ccccc3[nH]2)c(Cl)c1S(=O)(=O)Cl. The average molecular weight is 331 g/mol. The number of rotatable bonds is 2. The number of aromatic amines is 1. The molecule has 9 heteroatoms. The number of aromatic nitrogens is 4. The zero-order chi connectivity index (χ0) is 14.5. The number of halogens is 2. The lowest BCUT2D eigenvalue weighted by atomic mass is 10.3. The van der Waals surface area contributed by atoms with Crippen LogP contribution >= 0.6 is 22.3 Å². The summed E-state index contributed by atoms with van der Waals surface area (Å²) in [5, 5.41) is 3.97. The maximum Gasteiger partial charge on any atom is 0.266 e. The molecule has 0 aliphatic heterocycles. The van der Waals surface area contributed by atoms with E-state index in [1.807, 2.05) is 24.3 Å². The molecule has 0 radical (unpaired) electrons. The number of para-hydroxylation sites is 2.